The van der Waals surface area contributed by atoms with Crippen LogP contribution < -0.4 is 15.5 Å². The molecule has 2 aromatic carbocycles. The molecule has 0 aliphatic rings. The van der Waals surface area contributed by atoms with Crippen LogP contribution >= 0.6 is 0 Å². The maximum absolute atomic E-state index is 12.4. The summed E-state index contributed by atoms with van der Waals surface area (Å²) in [6.07, 6.45) is 3.60. The first kappa shape index (κ1) is 29.4. The van der Waals surface area contributed by atoms with Gasteiger partial charge in [-0.25, -0.2) is 9.97 Å². The average Bonchev–Trinajstić information content (AvgIpc) is 3.29. The topological polar surface area (TPSA) is 108 Å². The van der Waals surface area contributed by atoms with Gasteiger partial charge in [0.05, 0.1) is 16.9 Å². The van der Waals surface area contributed by atoms with Gasteiger partial charge in [-0.05, 0) is 50.9 Å². The number of benzene rings is 2. The molecule has 2 heterocycles. The summed E-state index contributed by atoms with van der Waals surface area (Å²) in [5.41, 5.74) is 6.22. The molecule has 4 rings (SSSR count). The summed E-state index contributed by atoms with van der Waals surface area (Å²) in [4.78, 5) is 38.4. The summed E-state index contributed by atoms with van der Waals surface area (Å²) >= 11 is 0. The SMILES string of the molecule is C=CC(=O)Nc1cc(Nc2ncc(CC(=O)CC)c(-c3nn(C)c4ccccc34)n2)c(C)cc1N(C)CCN(C)C. The molecule has 0 unspecified atom stereocenters. The third-order valence-corrected chi connectivity index (χ3v) is 6.95. The molecular formula is C31H38N8O2. The van der Waals surface area contributed by atoms with Crippen molar-refractivity contribution in [3.05, 3.63) is 66.4 Å². The first-order valence-electron chi connectivity index (χ1n) is 13.6. The van der Waals surface area contributed by atoms with Crippen LogP contribution in [0.1, 0.15) is 24.5 Å². The number of nitrogens with zero attached hydrogens (tertiary/aromatic N) is 6. The number of aryl methyl sites for hydroxylation is 2. The number of nitrogens with one attached hydrogen (secondary N) is 2. The van der Waals surface area contributed by atoms with Crippen molar-refractivity contribution >= 4 is 45.6 Å². The molecule has 0 aliphatic heterocycles. The van der Waals surface area contributed by atoms with E-state index in [1.807, 2.05) is 83.1 Å². The molecule has 2 N–H and O–H groups in total. The molecule has 0 saturated carbocycles. The normalized spacial score (nSPS) is 11.1. The Labute approximate surface area is 241 Å². The second-order valence-corrected chi connectivity index (χ2v) is 10.4. The van der Waals surface area contributed by atoms with Crippen molar-refractivity contribution in [2.45, 2.75) is 26.7 Å². The van der Waals surface area contributed by atoms with E-state index in [1.54, 1.807) is 6.20 Å². The number of hydrogen-bond acceptors (Lipinski definition) is 8. The first-order valence-corrected chi connectivity index (χ1v) is 13.6. The Kier molecular flexibility index (Phi) is 9.14. The van der Waals surface area contributed by atoms with Crippen molar-refractivity contribution in [3.8, 4) is 11.4 Å². The highest BCUT2D eigenvalue weighted by Gasteiger charge is 2.20. The summed E-state index contributed by atoms with van der Waals surface area (Å²) < 4.78 is 1.82. The minimum atomic E-state index is -0.299. The predicted molar refractivity (Wildman–Crippen MR) is 166 cm³/mol. The maximum Gasteiger partial charge on any atom is 0.247 e. The predicted octanol–water partition coefficient (Wildman–Crippen LogP) is 4.73. The molecule has 10 heteroatoms. The zero-order chi connectivity index (χ0) is 29.7. The number of ketones is 1. The number of hydrogen-bond donors (Lipinski definition) is 2. The van der Waals surface area contributed by atoms with Crippen molar-refractivity contribution in [2.75, 3.05) is 49.8 Å². The minimum absolute atomic E-state index is 0.100. The summed E-state index contributed by atoms with van der Waals surface area (Å²) in [6, 6.07) is 11.8. The van der Waals surface area contributed by atoms with Gasteiger partial charge in [0.15, 0.2) is 0 Å². The molecule has 0 atom stereocenters. The lowest BCUT2D eigenvalue weighted by Crippen LogP contribution is -2.29. The van der Waals surface area contributed by atoms with Crippen LogP contribution in [0.25, 0.3) is 22.3 Å². The van der Waals surface area contributed by atoms with Crippen molar-refractivity contribution < 1.29 is 9.59 Å². The van der Waals surface area contributed by atoms with Crippen LogP contribution in [0.3, 0.4) is 0 Å². The molecule has 0 fully saturated rings. The smallest absolute Gasteiger partial charge is 0.247 e. The lowest BCUT2D eigenvalue weighted by Gasteiger charge is -2.25. The minimum Gasteiger partial charge on any atom is -0.372 e. The van der Waals surface area contributed by atoms with Crippen molar-refractivity contribution in [1.82, 2.24) is 24.6 Å². The number of para-hydroxylation sites is 1. The Morgan fingerprint density at radius 3 is 2.54 bits per heavy atom. The monoisotopic (exact) mass is 554 g/mol. The van der Waals surface area contributed by atoms with Gasteiger partial charge in [-0.15, -0.1) is 0 Å². The molecule has 0 spiro atoms. The van der Waals surface area contributed by atoms with Crippen LogP contribution in [0.4, 0.5) is 23.0 Å². The van der Waals surface area contributed by atoms with Gasteiger partial charge in [-0.3, -0.25) is 14.3 Å². The van der Waals surface area contributed by atoms with Crippen LogP contribution in [-0.4, -0.2) is 70.6 Å². The average molecular weight is 555 g/mol. The molecule has 1 amide bonds. The quantitative estimate of drug-likeness (QED) is 0.242. The highest BCUT2D eigenvalue weighted by atomic mass is 16.1. The van der Waals surface area contributed by atoms with Gasteiger partial charge in [0, 0.05) is 62.9 Å². The van der Waals surface area contributed by atoms with E-state index >= 15 is 0 Å². The number of fused-ring (bicyclic) bond motifs is 1. The van der Waals surface area contributed by atoms with E-state index in [0.29, 0.717) is 29.4 Å². The summed E-state index contributed by atoms with van der Waals surface area (Å²) in [5, 5.41) is 12.0. The second kappa shape index (κ2) is 12.7. The fraction of sp³-hybridized carbons (Fsp3) is 0.323. The van der Waals surface area contributed by atoms with Gasteiger partial charge in [0.25, 0.3) is 0 Å². The molecule has 0 bridgehead atoms. The largest absolute Gasteiger partial charge is 0.372 e. The fourth-order valence-corrected chi connectivity index (χ4v) is 4.55. The Morgan fingerprint density at radius 2 is 1.83 bits per heavy atom. The van der Waals surface area contributed by atoms with E-state index in [-0.39, 0.29) is 18.1 Å². The van der Waals surface area contributed by atoms with Gasteiger partial charge < -0.3 is 20.4 Å². The standard InChI is InChI=1S/C31H38N8O2/c1-8-22(40)17-21-19-32-31(35-29(21)30-23-12-10-11-13-26(23)39(7)36-30)34-24-18-25(33-28(41)9-2)27(16-20(24)3)38(6)15-14-37(4)5/h9-13,16,18-19H,2,8,14-15,17H2,1,3-7H3,(H,33,41)(H,32,34,35). The van der Waals surface area contributed by atoms with Crippen LogP contribution in [0.5, 0.6) is 0 Å². The Balaban J connectivity index is 1.77. The second-order valence-electron chi connectivity index (χ2n) is 10.4. The molecule has 0 radical (unpaired) electrons. The lowest BCUT2D eigenvalue weighted by molar-refractivity contribution is -0.118. The summed E-state index contributed by atoms with van der Waals surface area (Å²) in [5.74, 6) is 0.163. The molecule has 0 saturated heterocycles. The molecule has 41 heavy (non-hydrogen) atoms. The molecular weight excluding hydrogens is 516 g/mol. The van der Waals surface area contributed by atoms with Crippen molar-refractivity contribution in [2.24, 2.45) is 7.05 Å². The van der Waals surface area contributed by atoms with Gasteiger partial charge in [-0.1, -0.05) is 31.7 Å². The van der Waals surface area contributed by atoms with Crippen LogP contribution in [0.2, 0.25) is 0 Å². The first-order chi connectivity index (χ1) is 19.6. The number of aromatic nitrogens is 4. The van der Waals surface area contributed by atoms with E-state index in [0.717, 1.165) is 46.5 Å². The van der Waals surface area contributed by atoms with Crippen LogP contribution in [-0.2, 0) is 23.1 Å². The van der Waals surface area contributed by atoms with E-state index in [4.69, 9.17) is 10.1 Å². The molecule has 0 aliphatic carbocycles. The number of amides is 1. The molecule has 214 valence electrons. The lowest BCUT2D eigenvalue weighted by atomic mass is 10.0. The van der Waals surface area contributed by atoms with E-state index in [1.165, 1.54) is 6.08 Å². The van der Waals surface area contributed by atoms with Gasteiger partial charge in [0.2, 0.25) is 11.9 Å². The fourth-order valence-electron chi connectivity index (χ4n) is 4.55. The van der Waals surface area contributed by atoms with Crippen LogP contribution in [0.15, 0.2) is 55.3 Å². The third kappa shape index (κ3) is 6.78. The zero-order valence-corrected chi connectivity index (χ0v) is 24.7. The number of Topliss-reactive ketones (excluding diaryl/α,β-unsaturated/α-hetero) is 1. The number of rotatable bonds is 12. The zero-order valence-electron chi connectivity index (χ0n) is 24.7. The van der Waals surface area contributed by atoms with Gasteiger partial charge >= 0.3 is 0 Å². The molecule has 10 nitrogen and oxygen atoms in total. The summed E-state index contributed by atoms with van der Waals surface area (Å²) in [6.45, 7) is 9.07. The third-order valence-electron chi connectivity index (χ3n) is 6.95. The maximum atomic E-state index is 12.4. The highest BCUT2D eigenvalue weighted by Crippen LogP contribution is 2.34. The van der Waals surface area contributed by atoms with Gasteiger partial charge in [-0.2, -0.15) is 5.10 Å². The Hall–Kier alpha value is -4.57. The Morgan fingerprint density at radius 1 is 1.07 bits per heavy atom. The number of carbonyl (C=O) groups excluding carboxylic acids is 2. The number of anilines is 4. The van der Waals surface area contributed by atoms with Crippen LogP contribution in [0, 0.1) is 6.92 Å². The molecule has 4 aromatic rings. The number of likely N-dealkylation sites (N-methyl/N-ethyl adjacent to an activating group) is 2. The highest BCUT2D eigenvalue weighted by molar-refractivity contribution is 6.02. The van der Waals surface area contributed by atoms with E-state index in [2.05, 4.69) is 32.0 Å². The van der Waals surface area contributed by atoms with Crippen molar-refractivity contribution in [3.63, 3.8) is 0 Å². The number of carbonyl (C=O) groups is 2. The van der Waals surface area contributed by atoms with E-state index < -0.39 is 0 Å². The Bertz CT molecular complexity index is 1590. The molecule has 2 aromatic heterocycles. The van der Waals surface area contributed by atoms with E-state index in [9.17, 15) is 9.59 Å². The summed E-state index contributed by atoms with van der Waals surface area (Å²) in [7, 11) is 7.94. The van der Waals surface area contributed by atoms with Gasteiger partial charge in [0.1, 0.15) is 17.2 Å². The van der Waals surface area contributed by atoms with Crippen molar-refractivity contribution in [1.29, 1.82) is 0 Å².